The summed E-state index contributed by atoms with van der Waals surface area (Å²) in [6.07, 6.45) is 3.24. The Morgan fingerprint density at radius 2 is 2.07 bits per heavy atom. The van der Waals surface area contributed by atoms with Gasteiger partial charge in [-0.2, -0.15) is 5.11 Å². The first-order valence-corrected chi connectivity index (χ1v) is 10.1. The Morgan fingerprint density at radius 3 is 2.73 bits per heavy atom. The number of nitrogens with zero attached hydrogens (tertiary/aromatic N) is 2. The van der Waals surface area contributed by atoms with Crippen LogP contribution in [0, 0.1) is 5.53 Å². The molecule has 0 bridgehead atoms. The summed E-state index contributed by atoms with van der Waals surface area (Å²) in [5, 5.41) is 12.3. The first-order valence-electron chi connectivity index (χ1n) is 8.88. The summed E-state index contributed by atoms with van der Waals surface area (Å²) in [6, 6.07) is 13.7. The molecule has 0 spiro atoms. The van der Waals surface area contributed by atoms with Gasteiger partial charge in [-0.25, -0.2) is 5.53 Å². The summed E-state index contributed by atoms with van der Waals surface area (Å²) in [6.45, 7) is 0.0806. The van der Waals surface area contributed by atoms with Crippen LogP contribution in [0.4, 0.5) is 11.4 Å². The number of amides is 1. The number of carbonyl (C=O) groups excluding carboxylic acids is 1. The largest absolute Gasteiger partial charge is 0.386 e. The zero-order valence-corrected chi connectivity index (χ0v) is 17.6. The van der Waals surface area contributed by atoms with E-state index in [0.717, 1.165) is 11.4 Å². The van der Waals surface area contributed by atoms with E-state index in [-0.39, 0.29) is 18.0 Å². The Balaban J connectivity index is 1.71. The van der Waals surface area contributed by atoms with Crippen LogP contribution in [0.25, 0.3) is 5.69 Å². The first kappa shape index (κ1) is 21.3. The summed E-state index contributed by atoms with van der Waals surface area (Å²) in [7, 11) is 1.77. The third kappa shape index (κ3) is 5.13. The Hall–Kier alpha value is -3.43. The minimum Gasteiger partial charge on any atom is -0.386 e. The van der Waals surface area contributed by atoms with Gasteiger partial charge in [0.05, 0.1) is 38.5 Å². The van der Waals surface area contributed by atoms with Crippen molar-refractivity contribution in [1.29, 1.82) is 5.53 Å². The summed E-state index contributed by atoms with van der Waals surface area (Å²) in [5.41, 5.74) is 9.73. The second-order valence-corrected chi connectivity index (χ2v) is 7.78. The van der Waals surface area contributed by atoms with E-state index in [9.17, 15) is 9.59 Å². The quantitative estimate of drug-likeness (QED) is 0.389. The van der Waals surface area contributed by atoms with Crippen LogP contribution in [-0.2, 0) is 0 Å². The fraction of sp³-hybridized carbons (Fsp3) is 0.100. The topological polar surface area (TPSA) is 111 Å². The molecule has 0 radical (unpaired) electrons. The van der Waals surface area contributed by atoms with E-state index < -0.39 is 0 Å². The van der Waals surface area contributed by atoms with E-state index >= 15 is 0 Å². The van der Waals surface area contributed by atoms with Gasteiger partial charge in [-0.15, -0.1) is 11.3 Å². The smallest absolute Gasteiger partial charge is 0.261 e. The van der Waals surface area contributed by atoms with E-state index in [2.05, 4.69) is 21.1 Å². The van der Waals surface area contributed by atoms with Crippen LogP contribution in [-0.4, -0.2) is 24.1 Å². The minimum atomic E-state index is -0.282. The molecular weight excluding hydrogens is 424 g/mol. The lowest BCUT2D eigenvalue weighted by Gasteiger charge is -2.13. The van der Waals surface area contributed by atoms with Crippen molar-refractivity contribution >= 4 is 40.2 Å². The molecule has 10 heteroatoms. The summed E-state index contributed by atoms with van der Waals surface area (Å²) < 4.78 is 2.07. The normalized spacial score (nSPS) is 11.1. The van der Waals surface area contributed by atoms with Gasteiger partial charge in [0.25, 0.3) is 11.5 Å². The van der Waals surface area contributed by atoms with E-state index in [1.54, 1.807) is 49.8 Å². The van der Waals surface area contributed by atoms with Crippen LogP contribution < -0.4 is 21.5 Å². The summed E-state index contributed by atoms with van der Waals surface area (Å²) >= 11 is 7.02. The third-order valence-corrected chi connectivity index (χ3v) is 5.37. The maximum atomic E-state index is 12.1. The number of hydrogen-bond acceptors (Lipinski definition) is 7. The molecule has 1 amide bonds. The molecule has 0 fully saturated rings. The van der Waals surface area contributed by atoms with E-state index in [1.807, 2.05) is 12.1 Å². The maximum absolute atomic E-state index is 12.1. The maximum Gasteiger partial charge on any atom is 0.261 e. The Labute approximate surface area is 181 Å². The minimum absolute atomic E-state index is 0.0806. The molecule has 0 atom stereocenters. The second kappa shape index (κ2) is 9.86. The van der Waals surface area contributed by atoms with Crippen molar-refractivity contribution in [2.75, 3.05) is 24.2 Å². The molecule has 0 aliphatic rings. The van der Waals surface area contributed by atoms with Crippen LogP contribution in [0.1, 0.15) is 9.67 Å². The standard InChI is InChI=1S/C20H19ClN6O2S/c1-23-16-10-14(27-9-3-2-4-19(27)28)5-6-15(16)24-11-13(26-22)12-25-20(29)17-7-8-18(21)30-17/h2-11,22-24H,12H2,1H3,(H,25,29)/b13-11-,26-22?. The van der Waals surface area contributed by atoms with Crippen LogP contribution in [0.3, 0.4) is 0 Å². The zero-order chi connectivity index (χ0) is 21.5. The van der Waals surface area contributed by atoms with Crippen molar-refractivity contribution in [3.63, 3.8) is 0 Å². The van der Waals surface area contributed by atoms with Crippen molar-refractivity contribution in [1.82, 2.24) is 9.88 Å². The number of hydrogen-bond donors (Lipinski definition) is 4. The van der Waals surface area contributed by atoms with Gasteiger partial charge in [0, 0.05) is 25.5 Å². The number of aromatic nitrogens is 1. The van der Waals surface area contributed by atoms with E-state index in [4.69, 9.17) is 17.1 Å². The Morgan fingerprint density at radius 1 is 1.23 bits per heavy atom. The molecule has 30 heavy (non-hydrogen) atoms. The molecule has 0 saturated carbocycles. The lowest BCUT2D eigenvalue weighted by atomic mass is 10.2. The van der Waals surface area contributed by atoms with E-state index in [1.165, 1.54) is 22.0 Å². The van der Waals surface area contributed by atoms with Crippen molar-refractivity contribution in [3.05, 3.63) is 86.2 Å². The Bertz CT molecular complexity index is 1150. The molecule has 2 aromatic heterocycles. The lowest BCUT2D eigenvalue weighted by molar-refractivity contribution is 0.0961. The first-order chi connectivity index (χ1) is 14.5. The van der Waals surface area contributed by atoms with Crippen LogP contribution >= 0.6 is 22.9 Å². The third-order valence-electron chi connectivity index (χ3n) is 4.14. The molecule has 0 saturated heterocycles. The van der Waals surface area contributed by atoms with Gasteiger partial charge >= 0.3 is 0 Å². The SMILES string of the molecule is CNc1cc(-n2ccccc2=O)ccc1N/C=C(/CNC(=O)c1ccc(Cl)s1)N=N. The highest BCUT2D eigenvalue weighted by Crippen LogP contribution is 2.25. The molecule has 3 aromatic rings. The van der Waals surface area contributed by atoms with Crippen LogP contribution in [0.5, 0.6) is 0 Å². The molecular formula is C20H19ClN6O2S. The van der Waals surface area contributed by atoms with Gasteiger partial charge < -0.3 is 16.0 Å². The van der Waals surface area contributed by atoms with Crippen LogP contribution in [0.2, 0.25) is 4.34 Å². The average Bonchev–Trinajstić information content (AvgIpc) is 3.20. The number of carbonyl (C=O) groups is 1. The number of pyridine rings is 1. The highest BCUT2D eigenvalue weighted by molar-refractivity contribution is 7.18. The fourth-order valence-corrected chi connectivity index (χ4v) is 3.59. The highest BCUT2D eigenvalue weighted by atomic mass is 35.5. The van der Waals surface area contributed by atoms with E-state index in [0.29, 0.717) is 20.6 Å². The lowest BCUT2D eigenvalue weighted by Crippen LogP contribution is -2.24. The number of benzene rings is 1. The predicted octanol–water partition coefficient (Wildman–Crippen LogP) is 4.31. The molecule has 8 nitrogen and oxygen atoms in total. The van der Waals surface area contributed by atoms with Crippen molar-refractivity contribution in [2.24, 2.45) is 5.11 Å². The summed E-state index contributed by atoms with van der Waals surface area (Å²) in [5.74, 6) is -0.282. The number of nitrogens with one attached hydrogen (secondary N) is 4. The monoisotopic (exact) mass is 442 g/mol. The van der Waals surface area contributed by atoms with Gasteiger partial charge in [0.2, 0.25) is 0 Å². The fourth-order valence-electron chi connectivity index (χ4n) is 2.63. The number of halogens is 1. The zero-order valence-electron chi connectivity index (χ0n) is 16.0. The van der Waals surface area contributed by atoms with Crippen molar-refractivity contribution < 1.29 is 4.79 Å². The summed E-state index contributed by atoms with van der Waals surface area (Å²) in [4.78, 5) is 24.6. The Kier molecular flexibility index (Phi) is 6.99. The molecule has 154 valence electrons. The molecule has 2 heterocycles. The highest BCUT2D eigenvalue weighted by Gasteiger charge is 2.09. The van der Waals surface area contributed by atoms with Gasteiger partial charge in [-0.1, -0.05) is 17.7 Å². The number of thiophene rings is 1. The molecule has 0 unspecified atom stereocenters. The number of anilines is 2. The van der Waals surface area contributed by atoms with Gasteiger partial charge in [-0.05, 0) is 36.4 Å². The molecule has 3 rings (SSSR count). The van der Waals surface area contributed by atoms with Crippen LogP contribution in [0.15, 0.2) is 76.5 Å². The molecule has 0 aliphatic heterocycles. The average molecular weight is 443 g/mol. The molecule has 1 aromatic carbocycles. The van der Waals surface area contributed by atoms with Gasteiger partial charge in [-0.3, -0.25) is 14.2 Å². The van der Waals surface area contributed by atoms with Crippen molar-refractivity contribution in [3.8, 4) is 5.69 Å². The van der Waals surface area contributed by atoms with Crippen molar-refractivity contribution in [2.45, 2.75) is 0 Å². The second-order valence-electron chi connectivity index (χ2n) is 6.07. The van der Waals surface area contributed by atoms with Gasteiger partial charge in [0.1, 0.15) is 0 Å². The number of rotatable bonds is 8. The van der Waals surface area contributed by atoms with Gasteiger partial charge in [0.15, 0.2) is 0 Å². The molecule has 0 aliphatic carbocycles. The molecule has 4 N–H and O–H groups in total. The predicted molar refractivity (Wildman–Crippen MR) is 120 cm³/mol.